The predicted octanol–water partition coefficient (Wildman–Crippen LogP) is 4.72. The standard InChI is InChI=1S/C26H27Cl2N3O5S/c1-18(26(33)29-2)30(16-19-9-10-20(27)15-24(19)28)25(32)17-31(37(3,34)35)21-11-13-23(14-12-21)36-22-7-5-4-6-8-22/h4-15,18H,16-17H2,1-3H3,(H,29,33)/t18-/m0/s1. The summed E-state index contributed by atoms with van der Waals surface area (Å²) in [6, 6.07) is 19.4. The van der Waals surface area contributed by atoms with Crippen LogP contribution in [0.25, 0.3) is 0 Å². The first-order valence-corrected chi connectivity index (χ1v) is 13.9. The average molecular weight is 564 g/mol. The van der Waals surface area contributed by atoms with E-state index in [-0.39, 0.29) is 12.2 Å². The van der Waals surface area contributed by atoms with Crippen LogP contribution < -0.4 is 14.4 Å². The average Bonchev–Trinajstić information content (AvgIpc) is 2.86. The highest BCUT2D eigenvalue weighted by atomic mass is 35.5. The Morgan fingerprint density at radius 3 is 2.16 bits per heavy atom. The van der Waals surface area contributed by atoms with Gasteiger partial charge in [-0.05, 0) is 61.0 Å². The molecule has 11 heteroatoms. The topological polar surface area (TPSA) is 96.0 Å². The van der Waals surface area contributed by atoms with Crippen molar-refractivity contribution in [1.82, 2.24) is 10.2 Å². The van der Waals surface area contributed by atoms with Crippen LogP contribution in [0.3, 0.4) is 0 Å². The molecule has 2 amide bonds. The first-order chi connectivity index (χ1) is 17.5. The number of ether oxygens (including phenoxy) is 1. The van der Waals surface area contributed by atoms with Crippen molar-refractivity contribution in [3.05, 3.63) is 88.4 Å². The highest BCUT2D eigenvalue weighted by Crippen LogP contribution is 2.27. The molecule has 0 aromatic heterocycles. The Kier molecular flexibility index (Phi) is 9.42. The van der Waals surface area contributed by atoms with Gasteiger partial charge in [0.05, 0.1) is 11.9 Å². The van der Waals surface area contributed by atoms with E-state index in [1.165, 1.54) is 18.0 Å². The highest BCUT2D eigenvalue weighted by molar-refractivity contribution is 7.92. The summed E-state index contributed by atoms with van der Waals surface area (Å²) in [6.45, 7) is 1.01. The minimum Gasteiger partial charge on any atom is -0.457 e. The molecule has 3 rings (SSSR count). The summed E-state index contributed by atoms with van der Waals surface area (Å²) in [7, 11) is -2.40. The maximum Gasteiger partial charge on any atom is 0.244 e. The number of sulfonamides is 1. The van der Waals surface area contributed by atoms with Crippen molar-refractivity contribution in [2.24, 2.45) is 0 Å². The molecular weight excluding hydrogens is 537 g/mol. The molecule has 0 spiro atoms. The number of benzene rings is 3. The maximum absolute atomic E-state index is 13.5. The van der Waals surface area contributed by atoms with Crippen molar-refractivity contribution in [2.45, 2.75) is 19.5 Å². The number of amides is 2. The number of halogens is 2. The van der Waals surface area contributed by atoms with E-state index in [4.69, 9.17) is 27.9 Å². The molecule has 3 aromatic carbocycles. The van der Waals surface area contributed by atoms with Crippen molar-refractivity contribution < 1.29 is 22.7 Å². The summed E-state index contributed by atoms with van der Waals surface area (Å²) >= 11 is 12.3. The minimum absolute atomic E-state index is 0.0229. The molecule has 0 saturated carbocycles. The molecule has 37 heavy (non-hydrogen) atoms. The van der Waals surface area contributed by atoms with Gasteiger partial charge in [0.25, 0.3) is 0 Å². The molecule has 0 aliphatic rings. The number of carbonyl (C=O) groups is 2. The zero-order valence-corrected chi connectivity index (χ0v) is 22.8. The van der Waals surface area contributed by atoms with Crippen LogP contribution in [0.5, 0.6) is 11.5 Å². The van der Waals surface area contributed by atoms with E-state index < -0.39 is 34.4 Å². The summed E-state index contributed by atoms with van der Waals surface area (Å²) in [4.78, 5) is 27.2. The largest absolute Gasteiger partial charge is 0.457 e. The second-order valence-corrected chi connectivity index (χ2v) is 11.0. The van der Waals surface area contributed by atoms with Crippen LogP contribution in [0.2, 0.25) is 10.0 Å². The van der Waals surface area contributed by atoms with Crippen molar-refractivity contribution >= 4 is 50.7 Å². The molecule has 0 bridgehead atoms. The Labute approximate surface area is 226 Å². The number of rotatable bonds is 10. The van der Waals surface area contributed by atoms with E-state index in [1.807, 2.05) is 18.2 Å². The van der Waals surface area contributed by atoms with Crippen molar-refractivity contribution in [3.63, 3.8) is 0 Å². The van der Waals surface area contributed by atoms with Gasteiger partial charge < -0.3 is 15.0 Å². The van der Waals surface area contributed by atoms with Crippen molar-refractivity contribution in [1.29, 1.82) is 0 Å². The van der Waals surface area contributed by atoms with E-state index >= 15 is 0 Å². The van der Waals surface area contributed by atoms with Crippen LogP contribution in [-0.4, -0.2) is 51.0 Å². The van der Waals surface area contributed by atoms with Gasteiger partial charge in [-0.15, -0.1) is 0 Å². The molecule has 196 valence electrons. The van der Waals surface area contributed by atoms with E-state index in [0.29, 0.717) is 27.1 Å². The fraction of sp³-hybridized carbons (Fsp3) is 0.231. The van der Waals surface area contributed by atoms with Gasteiger partial charge in [0.15, 0.2) is 0 Å². The molecule has 0 aliphatic heterocycles. The van der Waals surface area contributed by atoms with Crippen molar-refractivity contribution in [3.8, 4) is 11.5 Å². The molecule has 0 fully saturated rings. The lowest BCUT2D eigenvalue weighted by atomic mass is 10.1. The Balaban J connectivity index is 1.87. The second kappa shape index (κ2) is 12.3. The van der Waals surface area contributed by atoms with Gasteiger partial charge in [0.1, 0.15) is 24.1 Å². The molecule has 0 heterocycles. The fourth-order valence-corrected chi connectivity index (χ4v) is 4.86. The molecule has 0 unspecified atom stereocenters. The van der Waals surface area contributed by atoms with Gasteiger partial charge in [0.2, 0.25) is 21.8 Å². The summed E-state index contributed by atoms with van der Waals surface area (Å²) in [5, 5.41) is 3.27. The quantitative estimate of drug-likeness (QED) is 0.385. The Morgan fingerprint density at radius 2 is 1.59 bits per heavy atom. The summed E-state index contributed by atoms with van der Waals surface area (Å²) in [6.07, 6.45) is 1.01. The van der Waals surface area contributed by atoms with Crippen LogP contribution in [0.1, 0.15) is 12.5 Å². The predicted molar refractivity (Wildman–Crippen MR) is 146 cm³/mol. The lowest BCUT2D eigenvalue weighted by Crippen LogP contribution is -2.50. The Hall–Kier alpha value is -3.27. The normalized spacial score (nSPS) is 11.9. The molecule has 1 N–H and O–H groups in total. The Morgan fingerprint density at radius 1 is 0.973 bits per heavy atom. The molecule has 3 aromatic rings. The number of nitrogens with one attached hydrogen (secondary N) is 1. The molecule has 0 aliphatic carbocycles. The summed E-state index contributed by atoms with van der Waals surface area (Å²) < 4.78 is 32.1. The first kappa shape index (κ1) is 28.3. The molecular formula is C26H27Cl2N3O5S. The monoisotopic (exact) mass is 563 g/mol. The zero-order chi connectivity index (χ0) is 27.2. The Bertz CT molecular complexity index is 1350. The third-order valence-corrected chi connectivity index (χ3v) is 7.28. The number of hydrogen-bond donors (Lipinski definition) is 1. The molecule has 1 atom stereocenters. The first-order valence-electron chi connectivity index (χ1n) is 11.2. The number of hydrogen-bond acceptors (Lipinski definition) is 5. The van der Waals surface area contributed by atoms with Crippen LogP contribution in [-0.2, 0) is 26.2 Å². The molecule has 8 nitrogen and oxygen atoms in total. The summed E-state index contributed by atoms with van der Waals surface area (Å²) in [5.74, 6) is 0.135. The highest BCUT2D eigenvalue weighted by Gasteiger charge is 2.30. The van der Waals surface area contributed by atoms with Crippen LogP contribution in [0.4, 0.5) is 5.69 Å². The van der Waals surface area contributed by atoms with E-state index in [9.17, 15) is 18.0 Å². The lowest BCUT2D eigenvalue weighted by Gasteiger charge is -2.31. The number of likely N-dealkylation sites (N-methyl/N-ethyl adjacent to an activating group) is 1. The summed E-state index contributed by atoms with van der Waals surface area (Å²) in [5.41, 5.74) is 0.830. The van der Waals surface area contributed by atoms with E-state index in [2.05, 4.69) is 5.32 Å². The van der Waals surface area contributed by atoms with Gasteiger partial charge in [0, 0.05) is 23.6 Å². The number of carbonyl (C=O) groups excluding carboxylic acids is 2. The number of anilines is 1. The van der Waals surface area contributed by atoms with Gasteiger partial charge in [-0.1, -0.05) is 47.5 Å². The molecule has 0 radical (unpaired) electrons. The zero-order valence-electron chi connectivity index (χ0n) is 20.5. The second-order valence-electron chi connectivity index (χ2n) is 8.23. The van der Waals surface area contributed by atoms with E-state index in [1.54, 1.807) is 55.5 Å². The van der Waals surface area contributed by atoms with Gasteiger partial charge >= 0.3 is 0 Å². The van der Waals surface area contributed by atoms with Crippen LogP contribution in [0.15, 0.2) is 72.8 Å². The fourth-order valence-electron chi connectivity index (χ4n) is 3.54. The van der Waals surface area contributed by atoms with Crippen molar-refractivity contribution in [2.75, 3.05) is 24.2 Å². The minimum atomic E-state index is -3.86. The van der Waals surface area contributed by atoms with Gasteiger partial charge in [-0.2, -0.15) is 0 Å². The number of nitrogens with zero attached hydrogens (tertiary/aromatic N) is 2. The lowest BCUT2D eigenvalue weighted by molar-refractivity contribution is -0.139. The van der Waals surface area contributed by atoms with Gasteiger partial charge in [-0.3, -0.25) is 13.9 Å². The third-order valence-electron chi connectivity index (χ3n) is 5.55. The van der Waals surface area contributed by atoms with Crippen LogP contribution >= 0.6 is 23.2 Å². The van der Waals surface area contributed by atoms with Gasteiger partial charge in [-0.25, -0.2) is 8.42 Å². The SMILES string of the molecule is CNC(=O)[C@H](C)N(Cc1ccc(Cl)cc1Cl)C(=O)CN(c1ccc(Oc2ccccc2)cc1)S(C)(=O)=O. The number of para-hydroxylation sites is 1. The molecule has 0 saturated heterocycles. The smallest absolute Gasteiger partial charge is 0.244 e. The maximum atomic E-state index is 13.5. The van der Waals surface area contributed by atoms with E-state index in [0.717, 1.165) is 10.6 Å². The third kappa shape index (κ3) is 7.61. The van der Waals surface area contributed by atoms with Crippen LogP contribution in [0, 0.1) is 0 Å².